The minimum Gasteiger partial charge on any atom is -0.385 e. The van der Waals surface area contributed by atoms with Gasteiger partial charge < -0.3 is 10.4 Å². The number of rotatable bonds is 3. The summed E-state index contributed by atoms with van der Waals surface area (Å²) in [5, 5.41) is 16.7. The first-order chi connectivity index (χ1) is 7.70. The van der Waals surface area contributed by atoms with Crippen molar-refractivity contribution < 1.29 is 5.11 Å². The van der Waals surface area contributed by atoms with Crippen LogP contribution in [0.1, 0.15) is 43.0 Å². The largest absolute Gasteiger partial charge is 0.385 e. The lowest BCUT2D eigenvalue weighted by Gasteiger charge is -2.32. The van der Waals surface area contributed by atoms with Crippen molar-refractivity contribution >= 4 is 11.3 Å². The van der Waals surface area contributed by atoms with Crippen molar-refractivity contribution in [3.05, 3.63) is 16.1 Å². The first kappa shape index (κ1) is 12.0. The van der Waals surface area contributed by atoms with Gasteiger partial charge >= 0.3 is 0 Å². The van der Waals surface area contributed by atoms with Crippen molar-refractivity contribution in [2.24, 2.45) is 5.92 Å². The molecule has 2 rings (SSSR count). The first-order valence-electron chi connectivity index (χ1n) is 6.04. The average Bonchev–Trinajstić information content (AvgIpc) is 2.75. The first-order valence-corrected chi connectivity index (χ1v) is 6.92. The Balaban J connectivity index is 2.01. The molecule has 1 aliphatic heterocycles. The van der Waals surface area contributed by atoms with E-state index in [2.05, 4.69) is 17.2 Å². The molecule has 16 heavy (non-hydrogen) atoms. The summed E-state index contributed by atoms with van der Waals surface area (Å²) in [5.74, 6) is 0.751. The highest BCUT2D eigenvalue weighted by molar-refractivity contribution is 7.09. The molecule has 1 aliphatic rings. The maximum Gasteiger partial charge on any atom is 0.112 e. The van der Waals surface area contributed by atoms with Crippen LogP contribution < -0.4 is 5.32 Å². The standard InChI is InChI=1S/C12H20N2OS/c1-3-9-4-5-13-10(6-9)12(15)11-7-16-8(2)14-11/h7,9-10,12-13,15H,3-6H2,1-2H3. The van der Waals surface area contributed by atoms with Crippen molar-refractivity contribution in [3.63, 3.8) is 0 Å². The number of hydrogen-bond acceptors (Lipinski definition) is 4. The Labute approximate surface area is 101 Å². The Bertz CT molecular complexity index is 340. The third-order valence-electron chi connectivity index (χ3n) is 3.44. The van der Waals surface area contributed by atoms with Crippen molar-refractivity contribution in [2.45, 2.75) is 45.3 Å². The number of piperidine rings is 1. The molecule has 0 spiro atoms. The van der Waals surface area contributed by atoms with Gasteiger partial charge in [-0.05, 0) is 32.2 Å². The van der Waals surface area contributed by atoms with Crippen LogP contribution in [0, 0.1) is 12.8 Å². The molecule has 3 unspecified atom stereocenters. The van der Waals surface area contributed by atoms with E-state index >= 15 is 0 Å². The van der Waals surface area contributed by atoms with Gasteiger partial charge in [0.2, 0.25) is 0 Å². The molecular weight excluding hydrogens is 220 g/mol. The van der Waals surface area contributed by atoms with Crippen molar-refractivity contribution in [1.29, 1.82) is 0 Å². The van der Waals surface area contributed by atoms with Gasteiger partial charge in [-0.2, -0.15) is 0 Å². The number of nitrogens with one attached hydrogen (secondary N) is 1. The SMILES string of the molecule is CCC1CCNC(C(O)c2csc(C)n2)C1. The molecule has 1 saturated heterocycles. The predicted octanol–water partition coefficient (Wildman–Crippen LogP) is 2.26. The maximum absolute atomic E-state index is 10.3. The number of aliphatic hydroxyl groups is 1. The Morgan fingerprint density at radius 3 is 3.12 bits per heavy atom. The van der Waals surface area contributed by atoms with Gasteiger partial charge in [-0.25, -0.2) is 4.98 Å². The van der Waals surface area contributed by atoms with Gasteiger partial charge in [-0.1, -0.05) is 13.3 Å². The molecule has 0 aromatic carbocycles. The molecule has 3 atom stereocenters. The molecule has 0 bridgehead atoms. The highest BCUT2D eigenvalue weighted by Gasteiger charge is 2.28. The van der Waals surface area contributed by atoms with E-state index in [1.54, 1.807) is 11.3 Å². The quantitative estimate of drug-likeness (QED) is 0.852. The van der Waals surface area contributed by atoms with Gasteiger partial charge in [0.25, 0.3) is 0 Å². The molecule has 4 heteroatoms. The Morgan fingerprint density at radius 1 is 1.69 bits per heavy atom. The zero-order valence-corrected chi connectivity index (χ0v) is 10.8. The minimum atomic E-state index is -0.445. The zero-order valence-electron chi connectivity index (χ0n) is 9.94. The van der Waals surface area contributed by atoms with Crippen LogP contribution >= 0.6 is 11.3 Å². The summed E-state index contributed by atoms with van der Waals surface area (Å²) in [5.41, 5.74) is 0.830. The lowest BCUT2D eigenvalue weighted by Crippen LogP contribution is -2.42. The third-order valence-corrected chi connectivity index (χ3v) is 4.24. The van der Waals surface area contributed by atoms with Crippen LogP contribution in [0.15, 0.2) is 5.38 Å². The van der Waals surface area contributed by atoms with E-state index < -0.39 is 6.10 Å². The van der Waals surface area contributed by atoms with Crippen LogP contribution in [0.5, 0.6) is 0 Å². The second-order valence-corrected chi connectivity index (χ2v) is 5.66. The molecule has 2 N–H and O–H groups in total. The van der Waals surface area contributed by atoms with Gasteiger partial charge in [-0.3, -0.25) is 0 Å². The van der Waals surface area contributed by atoms with E-state index in [1.807, 2.05) is 12.3 Å². The van der Waals surface area contributed by atoms with E-state index in [-0.39, 0.29) is 6.04 Å². The van der Waals surface area contributed by atoms with E-state index in [4.69, 9.17) is 0 Å². The number of aliphatic hydroxyl groups excluding tert-OH is 1. The second-order valence-electron chi connectivity index (χ2n) is 4.60. The van der Waals surface area contributed by atoms with Crippen LogP contribution in [0.2, 0.25) is 0 Å². The molecule has 90 valence electrons. The predicted molar refractivity (Wildman–Crippen MR) is 66.6 cm³/mol. The molecule has 0 radical (unpaired) electrons. The summed E-state index contributed by atoms with van der Waals surface area (Å²) >= 11 is 1.60. The van der Waals surface area contributed by atoms with Gasteiger partial charge in [0.1, 0.15) is 6.10 Å². The van der Waals surface area contributed by atoms with Crippen molar-refractivity contribution in [2.75, 3.05) is 6.54 Å². The van der Waals surface area contributed by atoms with E-state index in [1.165, 1.54) is 12.8 Å². The third kappa shape index (κ3) is 2.62. The molecule has 2 heterocycles. The maximum atomic E-state index is 10.3. The average molecular weight is 240 g/mol. The van der Waals surface area contributed by atoms with Gasteiger partial charge in [0, 0.05) is 11.4 Å². The van der Waals surface area contributed by atoms with E-state index in [0.717, 1.165) is 29.6 Å². The summed E-state index contributed by atoms with van der Waals surface area (Å²) in [6.45, 7) is 5.22. The molecule has 1 aromatic rings. The number of nitrogens with zero attached hydrogens (tertiary/aromatic N) is 1. The van der Waals surface area contributed by atoms with Crippen LogP contribution in [0.3, 0.4) is 0 Å². The van der Waals surface area contributed by atoms with Crippen molar-refractivity contribution in [1.82, 2.24) is 10.3 Å². The van der Waals surface area contributed by atoms with E-state index in [0.29, 0.717) is 0 Å². The van der Waals surface area contributed by atoms with Crippen molar-refractivity contribution in [3.8, 4) is 0 Å². The Hall–Kier alpha value is -0.450. The van der Waals surface area contributed by atoms with E-state index in [9.17, 15) is 5.11 Å². The molecular formula is C12H20N2OS. The highest BCUT2D eigenvalue weighted by atomic mass is 32.1. The number of aromatic nitrogens is 1. The van der Waals surface area contributed by atoms with Crippen LogP contribution in [-0.4, -0.2) is 22.7 Å². The van der Waals surface area contributed by atoms with Gasteiger partial charge in [0.05, 0.1) is 10.7 Å². The molecule has 3 nitrogen and oxygen atoms in total. The summed E-state index contributed by atoms with van der Waals surface area (Å²) in [7, 11) is 0. The molecule has 1 fully saturated rings. The fourth-order valence-electron chi connectivity index (χ4n) is 2.37. The Morgan fingerprint density at radius 2 is 2.50 bits per heavy atom. The normalized spacial score (nSPS) is 27.9. The molecule has 0 aliphatic carbocycles. The Kier molecular flexibility index (Phi) is 3.95. The highest BCUT2D eigenvalue weighted by Crippen LogP contribution is 2.28. The van der Waals surface area contributed by atoms with Crippen LogP contribution in [-0.2, 0) is 0 Å². The number of aryl methyl sites for hydroxylation is 1. The summed E-state index contributed by atoms with van der Waals surface area (Å²) in [6, 6.07) is 0.181. The summed E-state index contributed by atoms with van der Waals surface area (Å²) in [4.78, 5) is 4.37. The number of thiazole rings is 1. The molecule has 1 aromatic heterocycles. The lowest BCUT2D eigenvalue weighted by molar-refractivity contribution is 0.0948. The topological polar surface area (TPSA) is 45.1 Å². The fraction of sp³-hybridized carbons (Fsp3) is 0.750. The number of hydrogen-bond donors (Lipinski definition) is 2. The molecule has 0 amide bonds. The summed E-state index contributed by atoms with van der Waals surface area (Å²) < 4.78 is 0. The smallest absolute Gasteiger partial charge is 0.112 e. The van der Waals surface area contributed by atoms with Crippen LogP contribution in [0.4, 0.5) is 0 Å². The van der Waals surface area contributed by atoms with Gasteiger partial charge in [-0.15, -0.1) is 11.3 Å². The second kappa shape index (κ2) is 5.25. The lowest BCUT2D eigenvalue weighted by atomic mass is 9.87. The van der Waals surface area contributed by atoms with Crippen LogP contribution in [0.25, 0.3) is 0 Å². The summed E-state index contributed by atoms with van der Waals surface area (Å²) in [6.07, 6.45) is 3.06. The monoisotopic (exact) mass is 240 g/mol. The minimum absolute atomic E-state index is 0.181. The molecule has 0 saturated carbocycles. The zero-order chi connectivity index (χ0) is 11.5. The van der Waals surface area contributed by atoms with Gasteiger partial charge in [0.15, 0.2) is 0 Å². The fourth-order valence-corrected chi connectivity index (χ4v) is 3.01.